The summed E-state index contributed by atoms with van der Waals surface area (Å²) in [7, 11) is 0. The lowest BCUT2D eigenvalue weighted by Crippen LogP contribution is -2.53. The summed E-state index contributed by atoms with van der Waals surface area (Å²) >= 11 is 3.57. The number of phenols is 1. The second-order valence-corrected chi connectivity index (χ2v) is 10.6. The summed E-state index contributed by atoms with van der Waals surface area (Å²) in [6.45, 7) is 5.78. The van der Waals surface area contributed by atoms with Gasteiger partial charge in [0, 0.05) is 53.7 Å². The molecule has 9 heteroatoms. The monoisotopic (exact) mass is 538 g/mol. The minimum Gasteiger partial charge on any atom is -0.508 e. The molecule has 0 saturated carbocycles. The van der Waals surface area contributed by atoms with Crippen LogP contribution in [-0.2, 0) is 16.0 Å². The van der Waals surface area contributed by atoms with Crippen molar-refractivity contribution in [3.8, 4) is 5.75 Å². The first kappa shape index (κ1) is 22.6. The number of phenolic OH excluding ortho intramolecular Hbond substituents is 1. The van der Waals surface area contributed by atoms with Crippen LogP contribution in [0.15, 0.2) is 46.9 Å². The minimum absolute atomic E-state index is 0.123. The van der Waals surface area contributed by atoms with Gasteiger partial charge in [0.05, 0.1) is 13.2 Å². The van der Waals surface area contributed by atoms with Crippen LogP contribution in [0.2, 0.25) is 0 Å². The Morgan fingerprint density at radius 1 is 1.14 bits per heavy atom. The first-order chi connectivity index (χ1) is 16.9. The van der Waals surface area contributed by atoms with E-state index < -0.39 is 11.6 Å². The second kappa shape index (κ2) is 8.36. The minimum atomic E-state index is -1.03. The van der Waals surface area contributed by atoms with Gasteiger partial charge in [-0.3, -0.25) is 19.5 Å². The summed E-state index contributed by atoms with van der Waals surface area (Å²) < 4.78 is 6.38. The van der Waals surface area contributed by atoms with Gasteiger partial charge in [-0.1, -0.05) is 28.1 Å². The number of aromatic hydroxyl groups is 1. The number of nitrogens with one attached hydrogen (secondary N) is 1. The number of hydrogen-bond donors (Lipinski definition) is 2. The lowest BCUT2D eigenvalue weighted by Gasteiger charge is -2.42. The van der Waals surface area contributed by atoms with Crippen molar-refractivity contribution in [2.75, 3.05) is 39.4 Å². The third kappa shape index (κ3) is 3.56. The molecule has 35 heavy (non-hydrogen) atoms. The van der Waals surface area contributed by atoms with Gasteiger partial charge in [0.2, 0.25) is 0 Å². The molecule has 2 saturated heterocycles. The van der Waals surface area contributed by atoms with Crippen LogP contribution in [0, 0.1) is 0 Å². The normalized spacial score (nSPS) is 24.8. The van der Waals surface area contributed by atoms with Crippen LogP contribution in [0.5, 0.6) is 5.75 Å². The Hall–Kier alpha value is -2.88. The van der Waals surface area contributed by atoms with Crippen molar-refractivity contribution in [2.24, 2.45) is 0 Å². The van der Waals surface area contributed by atoms with E-state index in [1.165, 1.54) is 4.90 Å². The molecule has 1 aromatic heterocycles. The van der Waals surface area contributed by atoms with E-state index in [2.05, 4.69) is 31.9 Å². The van der Waals surface area contributed by atoms with Gasteiger partial charge in [0.15, 0.2) is 0 Å². The van der Waals surface area contributed by atoms with Gasteiger partial charge in [-0.25, -0.2) is 4.79 Å². The van der Waals surface area contributed by atoms with Crippen LogP contribution in [0.3, 0.4) is 0 Å². The predicted octanol–water partition coefficient (Wildman–Crippen LogP) is 3.64. The largest absolute Gasteiger partial charge is 0.508 e. The highest BCUT2D eigenvalue weighted by molar-refractivity contribution is 9.10. The van der Waals surface area contributed by atoms with E-state index in [4.69, 9.17) is 4.74 Å². The summed E-state index contributed by atoms with van der Waals surface area (Å²) in [4.78, 5) is 36.6. The average molecular weight is 539 g/mol. The van der Waals surface area contributed by atoms with Gasteiger partial charge in [-0.15, -0.1) is 0 Å². The number of nitrogens with zero attached hydrogens (tertiary/aromatic N) is 3. The van der Waals surface area contributed by atoms with E-state index in [9.17, 15) is 14.7 Å². The molecule has 3 amide bonds. The highest BCUT2D eigenvalue weighted by Gasteiger charge is 2.60. The Bertz CT molecular complexity index is 1330. The van der Waals surface area contributed by atoms with E-state index in [1.54, 1.807) is 23.1 Å². The molecule has 3 aromatic rings. The topological polar surface area (TPSA) is 89.1 Å². The van der Waals surface area contributed by atoms with Gasteiger partial charge in [-0.05, 0) is 48.4 Å². The van der Waals surface area contributed by atoms with Crippen LogP contribution in [-0.4, -0.2) is 81.7 Å². The van der Waals surface area contributed by atoms with Gasteiger partial charge in [0.25, 0.3) is 5.91 Å². The number of H-pyrrole nitrogens is 1. The van der Waals surface area contributed by atoms with Crippen molar-refractivity contribution in [1.29, 1.82) is 0 Å². The molecule has 0 radical (unpaired) electrons. The van der Waals surface area contributed by atoms with E-state index in [1.807, 2.05) is 25.1 Å². The predicted molar refractivity (Wildman–Crippen MR) is 134 cm³/mol. The number of hydrogen-bond acceptors (Lipinski definition) is 5. The number of fused-ring (bicyclic) bond motifs is 4. The number of ether oxygens (including phenoxy) is 1. The standard InChI is InChI=1S/C26H27BrN4O4/c1-26-15-20-19-14-17(27)5-6-21(19)28-22(20)23(16-3-2-4-18(32)13-16)31(26)25(34)30(24(26)33)8-7-29-9-11-35-12-10-29/h2-6,13-14,23,28,32H,7-12,15H2,1H3/t23-,26+/m1/s1. The lowest BCUT2D eigenvalue weighted by molar-refractivity contribution is -0.133. The van der Waals surface area contributed by atoms with Crippen LogP contribution < -0.4 is 0 Å². The maximum Gasteiger partial charge on any atom is 0.328 e. The molecule has 2 atom stereocenters. The molecule has 4 heterocycles. The van der Waals surface area contributed by atoms with Crippen molar-refractivity contribution < 1.29 is 19.4 Å². The van der Waals surface area contributed by atoms with E-state index >= 15 is 0 Å². The molecule has 8 nitrogen and oxygen atoms in total. The van der Waals surface area contributed by atoms with E-state index in [-0.39, 0.29) is 17.7 Å². The first-order valence-electron chi connectivity index (χ1n) is 11.9. The van der Waals surface area contributed by atoms with Crippen molar-refractivity contribution in [2.45, 2.75) is 24.9 Å². The zero-order chi connectivity index (χ0) is 24.3. The number of halogens is 1. The van der Waals surface area contributed by atoms with Gasteiger partial charge >= 0.3 is 6.03 Å². The first-order valence-corrected chi connectivity index (χ1v) is 12.7. The molecule has 0 aliphatic carbocycles. The Labute approximate surface area is 211 Å². The number of carbonyl (C=O) groups excluding carboxylic acids is 2. The zero-order valence-corrected chi connectivity index (χ0v) is 21.0. The third-order valence-electron chi connectivity index (χ3n) is 7.56. The molecule has 2 N–H and O–H groups in total. The summed E-state index contributed by atoms with van der Waals surface area (Å²) in [5, 5.41) is 11.3. The van der Waals surface area contributed by atoms with Crippen LogP contribution in [0.1, 0.15) is 29.8 Å². The number of rotatable bonds is 4. The molecule has 2 aromatic carbocycles. The smallest absolute Gasteiger partial charge is 0.328 e. The maximum absolute atomic E-state index is 13.9. The molecule has 0 unspecified atom stereocenters. The highest BCUT2D eigenvalue weighted by Crippen LogP contribution is 2.49. The quantitative estimate of drug-likeness (QED) is 0.495. The zero-order valence-electron chi connectivity index (χ0n) is 19.5. The molecule has 2 fully saturated rings. The number of aromatic nitrogens is 1. The van der Waals surface area contributed by atoms with Gasteiger partial charge < -0.3 is 14.8 Å². The number of morpholine rings is 1. The Kier molecular flexibility index (Phi) is 5.39. The summed E-state index contributed by atoms with van der Waals surface area (Å²) in [5.74, 6) is -0.0479. The van der Waals surface area contributed by atoms with Gasteiger partial charge in [-0.2, -0.15) is 0 Å². The summed E-state index contributed by atoms with van der Waals surface area (Å²) in [5.41, 5.74) is 2.61. The maximum atomic E-state index is 13.9. The number of aromatic amines is 1. The fourth-order valence-corrected chi connectivity index (χ4v) is 6.15. The fraction of sp³-hybridized carbons (Fsp3) is 0.385. The molecular formula is C26H27BrN4O4. The summed E-state index contributed by atoms with van der Waals surface area (Å²) in [6.07, 6.45) is 0.423. The number of amides is 3. The number of carbonyl (C=O) groups is 2. The molecule has 0 bridgehead atoms. The van der Waals surface area contributed by atoms with Gasteiger partial charge in [0.1, 0.15) is 17.3 Å². The molecule has 6 rings (SSSR count). The van der Waals surface area contributed by atoms with Crippen molar-refractivity contribution in [3.63, 3.8) is 0 Å². The van der Waals surface area contributed by atoms with Crippen molar-refractivity contribution >= 4 is 38.8 Å². The van der Waals surface area contributed by atoms with Crippen LogP contribution in [0.4, 0.5) is 4.79 Å². The molecule has 0 spiro atoms. The third-order valence-corrected chi connectivity index (χ3v) is 8.05. The highest BCUT2D eigenvalue weighted by atomic mass is 79.9. The Morgan fingerprint density at radius 2 is 1.94 bits per heavy atom. The Balaban J connectivity index is 1.45. The second-order valence-electron chi connectivity index (χ2n) is 9.72. The number of imide groups is 1. The molecule has 3 aliphatic heterocycles. The molecule has 3 aliphatic rings. The van der Waals surface area contributed by atoms with Crippen LogP contribution >= 0.6 is 15.9 Å². The van der Waals surface area contributed by atoms with E-state index in [0.717, 1.165) is 45.3 Å². The molecule has 182 valence electrons. The number of benzene rings is 2. The lowest BCUT2D eigenvalue weighted by atomic mass is 9.81. The number of urea groups is 1. The Morgan fingerprint density at radius 3 is 2.71 bits per heavy atom. The van der Waals surface area contributed by atoms with Crippen molar-refractivity contribution in [1.82, 2.24) is 19.7 Å². The fourth-order valence-electron chi connectivity index (χ4n) is 5.79. The average Bonchev–Trinajstić information content (AvgIpc) is 3.28. The molecular weight excluding hydrogens is 512 g/mol. The van der Waals surface area contributed by atoms with Crippen molar-refractivity contribution in [3.05, 3.63) is 63.8 Å². The van der Waals surface area contributed by atoms with E-state index in [0.29, 0.717) is 32.7 Å². The van der Waals surface area contributed by atoms with Crippen LogP contribution in [0.25, 0.3) is 10.9 Å². The summed E-state index contributed by atoms with van der Waals surface area (Å²) in [6, 6.07) is 12.2. The SMILES string of the molecule is C[C@@]12Cc3c([nH]c4ccc(Br)cc34)[C@@H](c3cccc(O)c3)N1C(=O)N(CCN1CCOCC1)C2=O.